The van der Waals surface area contributed by atoms with E-state index in [1.54, 1.807) is 12.1 Å². The van der Waals surface area contributed by atoms with E-state index in [0.29, 0.717) is 16.7 Å². The van der Waals surface area contributed by atoms with Gasteiger partial charge in [-0.15, -0.1) is 0 Å². The van der Waals surface area contributed by atoms with Crippen molar-refractivity contribution in [2.45, 2.75) is 39.0 Å². The zero-order chi connectivity index (χ0) is 25.8. The van der Waals surface area contributed by atoms with Crippen LogP contribution in [-0.4, -0.2) is 31.5 Å². The fourth-order valence-electron chi connectivity index (χ4n) is 3.59. The highest BCUT2D eigenvalue weighted by molar-refractivity contribution is 6.00. The third-order valence-electron chi connectivity index (χ3n) is 5.71. The van der Waals surface area contributed by atoms with Crippen LogP contribution in [0, 0.1) is 0 Å². The van der Waals surface area contributed by atoms with Gasteiger partial charge in [-0.2, -0.15) is 0 Å². The molecular weight excluding hydrogens is 456 g/mol. The standard InChI is InChI=1S/C29H32N2O5/c1-3-4-5-6-7-20-36-26-18-16-22(17-19-26)21-8-10-23(11-9-21)27(32)30-31-28(33)24-12-14-25(15-13-24)29(34)35-2/h8-19H,3-7,20H2,1-2H3,(H,30,32)(H,31,33). The van der Waals surface area contributed by atoms with Gasteiger partial charge in [-0.05, 0) is 66.1 Å². The van der Waals surface area contributed by atoms with Gasteiger partial charge in [-0.1, -0.05) is 56.9 Å². The minimum absolute atomic E-state index is 0.294. The fourth-order valence-corrected chi connectivity index (χ4v) is 3.59. The summed E-state index contributed by atoms with van der Waals surface area (Å²) < 4.78 is 10.5. The number of ether oxygens (including phenoxy) is 2. The molecular formula is C29H32N2O5. The highest BCUT2D eigenvalue weighted by atomic mass is 16.5. The van der Waals surface area contributed by atoms with Crippen LogP contribution in [0.25, 0.3) is 11.1 Å². The first-order chi connectivity index (χ1) is 17.5. The van der Waals surface area contributed by atoms with E-state index in [1.165, 1.54) is 57.1 Å². The van der Waals surface area contributed by atoms with Crippen LogP contribution >= 0.6 is 0 Å². The third-order valence-corrected chi connectivity index (χ3v) is 5.71. The first-order valence-electron chi connectivity index (χ1n) is 12.1. The van der Waals surface area contributed by atoms with Crippen molar-refractivity contribution in [1.29, 1.82) is 0 Å². The Morgan fingerprint density at radius 3 is 1.64 bits per heavy atom. The van der Waals surface area contributed by atoms with E-state index in [2.05, 4.69) is 22.5 Å². The summed E-state index contributed by atoms with van der Waals surface area (Å²) in [6, 6.07) is 20.9. The molecule has 0 radical (unpaired) electrons. The van der Waals surface area contributed by atoms with E-state index < -0.39 is 17.8 Å². The number of benzene rings is 3. The van der Waals surface area contributed by atoms with Crippen LogP contribution < -0.4 is 15.6 Å². The van der Waals surface area contributed by atoms with E-state index in [1.807, 2.05) is 36.4 Å². The average Bonchev–Trinajstić information content (AvgIpc) is 2.93. The van der Waals surface area contributed by atoms with Crippen molar-refractivity contribution < 1.29 is 23.9 Å². The Hall–Kier alpha value is -4.13. The molecule has 0 saturated heterocycles. The normalized spacial score (nSPS) is 10.4. The number of hydrogen-bond donors (Lipinski definition) is 2. The van der Waals surface area contributed by atoms with Gasteiger partial charge in [-0.25, -0.2) is 4.79 Å². The lowest BCUT2D eigenvalue weighted by atomic mass is 10.0. The minimum atomic E-state index is -0.500. The van der Waals surface area contributed by atoms with E-state index in [0.717, 1.165) is 29.9 Å². The molecule has 188 valence electrons. The van der Waals surface area contributed by atoms with Gasteiger partial charge in [0.05, 0.1) is 19.3 Å². The second kappa shape index (κ2) is 13.7. The fraction of sp³-hybridized carbons (Fsp3) is 0.276. The number of hydrazine groups is 1. The first-order valence-corrected chi connectivity index (χ1v) is 12.1. The number of hydrogen-bond acceptors (Lipinski definition) is 5. The van der Waals surface area contributed by atoms with Crippen LogP contribution in [0.2, 0.25) is 0 Å². The Labute approximate surface area is 211 Å². The molecule has 0 heterocycles. The summed E-state index contributed by atoms with van der Waals surface area (Å²) in [5.74, 6) is -0.583. The van der Waals surface area contributed by atoms with Crippen LogP contribution in [0.5, 0.6) is 5.75 Å². The number of esters is 1. The van der Waals surface area contributed by atoms with Gasteiger partial charge >= 0.3 is 5.97 Å². The maximum Gasteiger partial charge on any atom is 0.337 e. The van der Waals surface area contributed by atoms with Crippen molar-refractivity contribution in [1.82, 2.24) is 10.9 Å². The largest absolute Gasteiger partial charge is 0.494 e. The van der Waals surface area contributed by atoms with Gasteiger partial charge in [0.15, 0.2) is 0 Å². The smallest absolute Gasteiger partial charge is 0.337 e. The van der Waals surface area contributed by atoms with Crippen molar-refractivity contribution in [2.24, 2.45) is 0 Å². The van der Waals surface area contributed by atoms with Crippen LogP contribution in [0.3, 0.4) is 0 Å². The molecule has 7 nitrogen and oxygen atoms in total. The summed E-state index contributed by atoms with van der Waals surface area (Å²) in [5.41, 5.74) is 7.79. The van der Waals surface area contributed by atoms with Crippen LogP contribution in [0.4, 0.5) is 0 Å². The summed E-state index contributed by atoms with van der Waals surface area (Å²) >= 11 is 0. The Morgan fingerprint density at radius 1 is 0.639 bits per heavy atom. The number of carbonyl (C=O) groups excluding carboxylic acids is 3. The van der Waals surface area contributed by atoms with Gasteiger partial charge in [0.25, 0.3) is 11.8 Å². The summed E-state index contributed by atoms with van der Waals surface area (Å²) in [6.07, 6.45) is 6.02. The van der Waals surface area contributed by atoms with Gasteiger partial charge < -0.3 is 9.47 Å². The number of nitrogens with one attached hydrogen (secondary N) is 2. The molecule has 0 unspecified atom stereocenters. The average molecular weight is 489 g/mol. The second-order valence-electron chi connectivity index (χ2n) is 8.34. The van der Waals surface area contributed by atoms with Gasteiger partial charge in [-0.3, -0.25) is 20.4 Å². The maximum absolute atomic E-state index is 12.4. The zero-order valence-electron chi connectivity index (χ0n) is 20.7. The molecule has 3 rings (SSSR count). The monoisotopic (exact) mass is 488 g/mol. The van der Waals surface area contributed by atoms with E-state index >= 15 is 0 Å². The zero-order valence-corrected chi connectivity index (χ0v) is 20.7. The lowest BCUT2D eigenvalue weighted by molar-refractivity contribution is 0.0600. The van der Waals surface area contributed by atoms with E-state index in [4.69, 9.17) is 4.74 Å². The van der Waals surface area contributed by atoms with Crippen LogP contribution in [0.15, 0.2) is 72.8 Å². The van der Waals surface area contributed by atoms with Gasteiger partial charge in [0.1, 0.15) is 5.75 Å². The molecule has 0 aromatic heterocycles. The first kappa shape index (κ1) is 26.5. The molecule has 0 aliphatic carbocycles. The molecule has 0 bridgehead atoms. The maximum atomic E-state index is 12.4. The topological polar surface area (TPSA) is 93.7 Å². The van der Waals surface area contributed by atoms with Crippen LogP contribution in [0.1, 0.15) is 70.1 Å². The molecule has 7 heteroatoms. The number of unbranched alkanes of at least 4 members (excludes halogenated alkanes) is 4. The Bertz CT molecular complexity index is 1140. The lowest BCUT2D eigenvalue weighted by Crippen LogP contribution is -2.41. The number of rotatable bonds is 11. The molecule has 3 aromatic rings. The Balaban J connectivity index is 1.48. The number of methoxy groups -OCH3 is 1. The van der Waals surface area contributed by atoms with Crippen molar-refractivity contribution in [3.05, 3.63) is 89.5 Å². The highest BCUT2D eigenvalue weighted by Crippen LogP contribution is 2.23. The van der Waals surface area contributed by atoms with Crippen molar-refractivity contribution in [3.8, 4) is 16.9 Å². The summed E-state index contributed by atoms with van der Waals surface area (Å²) in [7, 11) is 1.29. The predicted molar refractivity (Wildman–Crippen MR) is 139 cm³/mol. The summed E-state index contributed by atoms with van der Waals surface area (Å²) in [6.45, 7) is 2.93. The molecule has 36 heavy (non-hydrogen) atoms. The van der Waals surface area contributed by atoms with Crippen molar-refractivity contribution in [3.63, 3.8) is 0 Å². The molecule has 2 N–H and O–H groups in total. The Kier molecular flexibility index (Phi) is 10.1. The summed E-state index contributed by atoms with van der Waals surface area (Å²) in [5, 5.41) is 0. The SMILES string of the molecule is CCCCCCCOc1ccc(-c2ccc(C(=O)NNC(=O)c3ccc(C(=O)OC)cc3)cc2)cc1. The second-order valence-corrected chi connectivity index (χ2v) is 8.34. The Morgan fingerprint density at radius 2 is 1.11 bits per heavy atom. The number of carbonyl (C=O) groups is 3. The van der Waals surface area contributed by atoms with Crippen molar-refractivity contribution >= 4 is 17.8 Å². The molecule has 0 aliphatic rings. The minimum Gasteiger partial charge on any atom is -0.494 e. The predicted octanol–water partition coefficient (Wildman–Crippen LogP) is 5.56. The van der Waals surface area contributed by atoms with Crippen LogP contribution in [-0.2, 0) is 4.74 Å². The van der Waals surface area contributed by atoms with Gasteiger partial charge in [0, 0.05) is 11.1 Å². The van der Waals surface area contributed by atoms with Crippen molar-refractivity contribution in [2.75, 3.05) is 13.7 Å². The molecule has 0 fully saturated rings. The quantitative estimate of drug-likeness (QED) is 0.209. The molecule has 3 aromatic carbocycles. The summed E-state index contributed by atoms with van der Waals surface area (Å²) in [4.78, 5) is 36.2. The van der Waals surface area contributed by atoms with Gasteiger partial charge in [0.2, 0.25) is 0 Å². The molecule has 2 amide bonds. The number of amides is 2. The van der Waals surface area contributed by atoms with E-state index in [9.17, 15) is 14.4 Å². The lowest BCUT2D eigenvalue weighted by Gasteiger charge is -2.09. The molecule has 0 spiro atoms. The van der Waals surface area contributed by atoms with E-state index in [-0.39, 0.29) is 0 Å². The molecule has 0 atom stereocenters. The third kappa shape index (κ3) is 7.70. The molecule has 0 aliphatic heterocycles. The molecule has 0 saturated carbocycles. The highest BCUT2D eigenvalue weighted by Gasteiger charge is 2.11.